The number of hydrogen-bond donors (Lipinski definition) is 0. The molecule has 3 atom stereocenters. The lowest BCUT2D eigenvalue weighted by Crippen LogP contribution is -2.31. The molecule has 0 aromatic rings. The second-order valence-electron chi connectivity index (χ2n) is 5.70. The Kier molecular flexibility index (Phi) is 2.87. The van der Waals surface area contributed by atoms with Crippen LogP contribution in [0.15, 0.2) is 0 Å². The summed E-state index contributed by atoms with van der Waals surface area (Å²) in [6.07, 6.45) is 6.21. The summed E-state index contributed by atoms with van der Waals surface area (Å²) in [5, 5.41) is 0. The van der Waals surface area contributed by atoms with Crippen molar-refractivity contribution in [2.24, 2.45) is 23.7 Å². The Morgan fingerprint density at radius 2 is 2.00 bits per heavy atom. The number of halogens is 1. The third-order valence-corrected chi connectivity index (χ3v) is 5.02. The third kappa shape index (κ3) is 1.75. The third-order valence-electron chi connectivity index (χ3n) is 4.81. The van der Waals surface area contributed by atoms with Crippen LogP contribution in [0.1, 0.15) is 32.1 Å². The monoisotopic (exact) mass is 241 g/mol. The molecule has 3 heteroatoms. The van der Waals surface area contributed by atoms with Gasteiger partial charge >= 0.3 is 0 Å². The van der Waals surface area contributed by atoms with Crippen molar-refractivity contribution in [2.45, 2.75) is 32.1 Å². The van der Waals surface area contributed by atoms with E-state index in [2.05, 4.69) is 4.90 Å². The molecule has 0 N–H and O–H groups in total. The molecule has 1 amide bonds. The standard InChI is InChI=1S/C13H20ClNO/c14-6-4-9-5-7-15(8-9)13(16)12-10-2-1-3-11(10)12/h9-12H,1-8H2. The molecule has 2 nitrogen and oxygen atoms in total. The maximum absolute atomic E-state index is 12.3. The second kappa shape index (κ2) is 4.21. The molecule has 0 aromatic heterocycles. The first-order chi connectivity index (χ1) is 7.81. The van der Waals surface area contributed by atoms with Gasteiger partial charge in [0, 0.05) is 24.9 Å². The topological polar surface area (TPSA) is 20.3 Å². The maximum atomic E-state index is 12.3. The van der Waals surface area contributed by atoms with E-state index in [4.69, 9.17) is 11.6 Å². The molecule has 3 fully saturated rings. The van der Waals surface area contributed by atoms with Gasteiger partial charge in [0.15, 0.2) is 0 Å². The molecule has 3 rings (SSSR count). The van der Waals surface area contributed by atoms with E-state index >= 15 is 0 Å². The van der Waals surface area contributed by atoms with Crippen LogP contribution in [0.25, 0.3) is 0 Å². The number of nitrogens with zero attached hydrogens (tertiary/aromatic N) is 1. The number of likely N-dealkylation sites (tertiary alicyclic amines) is 1. The van der Waals surface area contributed by atoms with Gasteiger partial charge in [0.25, 0.3) is 0 Å². The fourth-order valence-corrected chi connectivity index (χ4v) is 4.13. The summed E-state index contributed by atoms with van der Waals surface area (Å²) in [5.74, 6) is 3.82. The maximum Gasteiger partial charge on any atom is 0.226 e. The SMILES string of the molecule is O=C(C1C2CCCC21)N1CCC(CCCl)C1. The Morgan fingerprint density at radius 1 is 1.25 bits per heavy atom. The van der Waals surface area contributed by atoms with Crippen molar-refractivity contribution >= 4 is 17.5 Å². The van der Waals surface area contributed by atoms with Crippen LogP contribution >= 0.6 is 11.6 Å². The highest BCUT2D eigenvalue weighted by molar-refractivity contribution is 6.17. The fraction of sp³-hybridized carbons (Fsp3) is 0.923. The minimum absolute atomic E-state index is 0.420. The van der Waals surface area contributed by atoms with Crippen molar-refractivity contribution < 1.29 is 4.79 Å². The predicted octanol–water partition coefficient (Wildman–Crippen LogP) is 2.51. The van der Waals surface area contributed by atoms with Crippen LogP contribution in [0, 0.1) is 23.7 Å². The molecule has 1 aliphatic heterocycles. The first kappa shape index (κ1) is 10.9. The minimum atomic E-state index is 0.420. The molecule has 0 radical (unpaired) electrons. The molecule has 0 spiro atoms. The Morgan fingerprint density at radius 3 is 2.69 bits per heavy atom. The van der Waals surface area contributed by atoms with E-state index in [1.807, 2.05) is 0 Å². The quantitative estimate of drug-likeness (QED) is 0.696. The molecular weight excluding hydrogens is 222 g/mol. The van der Waals surface area contributed by atoms with Gasteiger partial charge in [-0.1, -0.05) is 6.42 Å². The van der Waals surface area contributed by atoms with Crippen LogP contribution in [-0.2, 0) is 4.79 Å². The number of hydrogen-bond acceptors (Lipinski definition) is 1. The Labute approximate surface area is 102 Å². The van der Waals surface area contributed by atoms with Crippen molar-refractivity contribution in [1.82, 2.24) is 4.90 Å². The molecule has 16 heavy (non-hydrogen) atoms. The van der Waals surface area contributed by atoms with E-state index in [1.54, 1.807) is 0 Å². The summed E-state index contributed by atoms with van der Waals surface area (Å²) in [7, 11) is 0. The highest BCUT2D eigenvalue weighted by Crippen LogP contribution is 2.58. The van der Waals surface area contributed by atoms with Crippen LogP contribution in [0.4, 0.5) is 0 Å². The lowest BCUT2D eigenvalue weighted by atomic mass is 10.1. The zero-order chi connectivity index (χ0) is 11.1. The van der Waals surface area contributed by atoms with Gasteiger partial charge in [0.2, 0.25) is 5.91 Å². The molecular formula is C13H20ClNO. The average molecular weight is 242 g/mol. The molecule has 0 aromatic carbocycles. The van der Waals surface area contributed by atoms with Crippen LogP contribution in [0.3, 0.4) is 0 Å². The van der Waals surface area contributed by atoms with Crippen molar-refractivity contribution in [3.63, 3.8) is 0 Å². The van der Waals surface area contributed by atoms with Gasteiger partial charge in [-0.05, 0) is 43.4 Å². The van der Waals surface area contributed by atoms with E-state index in [0.29, 0.717) is 17.7 Å². The predicted molar refractivity (Wildman–Crippen MR) is 64.3 cm³/mol. The first-order valence-corrected chi connectivity index (χ1v) is 7.19. The Bertz CT molecular complexity index is 284. The molecule has 90 valence electrons. The van der Waals surface area contributed by atoms with Gasteiger partial charge in [-0.25, -0.2) is 0 Å². The van der Waals surface area contributed by atoms with Gasteiger partial charge in [-0.2, -0.15) is 0 Å². The minimum Gasteiger partial charge on any atom is -0.342 e. The van der Waals surface area contributed by atoms with Gasteiger partial charge in [-0.15, -0.1) is 11.6 Å². The smallest absolute Gasteiger partial charge is 0.226 e. The largest absolute Gasteiger partial charge is 0.342 e. The van der Waals surface area contributed by atoms with E-state index in [-0.39, 0.29) is 0 Å². The zero-order valence-electron chi connectivity index (χ0n) is 9.70. The lowest BCUT2D eigenvalue weighted by molar-refractivity contribution is -0.132. The van der Waals surface area contributed by atoms with Crippen molar-refractivity contribution in [3.05, 3.63) is 0 Å². The van der Waals surface area contributed by atoms with Crippen LogP contribution in [-0.4, -0.2) is 29.8 Å². The Hall–Kier alpha value is -0.240. The van der Waals surface area contributed by atoms with Gasteiger partial charge in [0.05, 0.1) is 0 Å². The van der Waals surface area contributed by atoms with Gasteiger partial charge in [-0.3, -0.25) is 4.79 Å². The number of rotatable bonds is 3. The van der Waals surface area contributed by atoms with Crippen molar-refractivity contribution in [3.8, 4) is 0 Å². The van der Waals surface area contributed by atoms with Crippen LogP contribution in [0.2, 0.25) is 0 Å². The number of amides is 1. The van der Waals surface area contributed by atoms with E-state index in [0.717, 1.165) is 37.2 Å². The van der Waals surface area contributed by atoms with Crippen molar-refractivity contribution in [2.75, 3.05) is 19.0 Å². The number of alkyl halides is 1. The first-order valence-electron chi connectivity index (χ1n) is 6.66. The zero-order valence-corrected chi connectivity index (χ0v) is 10.5. The average Bonchev–Trinajstić information content (AvgIpc) is 2.73. The van der Waals surface area contributed by atoms with Crippen LogP contribution < -0.4 is 0 Å². The highest BCUT2D eigenvalue weighted by Gasteiger charge is 2.57. The molecule has 2 saturated carbocycles. The summed E-state index contributed by atoms with van der Waals surface area (Å²) >= 11 is 5.76. The molecule has 3 unspecified atom stereocenters. The second-order valence-corrected chi connectivity index (χ2v) is 6.08. The van der Waals surface area contributed by atoms with E-state index in [9.17, 15) is 4.79 Å². The van der Waals surface area contributed by atoms with Crippen molar-refractivity contribution in [1.29, 1.82) is 0 Å². The molecule has 1 heterocycles. The highest BCUT2D eigenvalue weighted by atomic mass is 35.5. The van der Waals surface area contributed by atoms with Gasteiger partial charge < -0.3 is 4.90 Å². The summed E-state index contributed by atoms with van der Waals surface area (Å²) in [6, 6.07) is 0. The fourth-order valence-electron chi connectivity index (χ4n) is 3.82. The van der Waals surface area contributed by atoms with Gasteiger partial charge in [0.1, 0.15) is 0 Å². The molecule has 2 aliphatic carbocycles. The van der Waals surface area contributed by atoms with E-state index in [1.165, 1.54) is 25.7 Å². The van der Waals surface area contributed by atoms with Crippen LogP contribution in [0.5, 0.6) is 0 Å². The van der Waals surface area contributed by atoms with E-state index < -0.39 is 0 Å². The summed E-state index contributed by atoms with van der Waals surface area (Å²) in [5.41, 5.74) is 0. The normalized spacial score (nSPS) is 41.2. The summed E-state index contributed by atoms with van der Waals surface area (Å²) < 4.78 is 0. The molecule has 1 saturated heterocycles. The number of carbonyl (C=O) groups is 1. The summed E-state index contributed by atoms with van der Waals surface area (Å²) in [6.45, 7) is 1.96. The number of fused-ring (bicyclic) bond motifs is 1. The number of carbonyl (C=O) groups excluding carboxylic acids is 1. The lowest BCUT2D eigenvalue weighted by Gasteiger charge is -2.17. The molecule has 3 aliphatic rings. The molecule has 0 bridgehead atoms. The summed E-state index contributed by atoms with van der Waals surface area (Å²) in [4.78, 5) is 14.4. The Balaban J connectivity index is 1.53.